The first kappa shape index (κ1) is 13.5. The molecule has 1 aromatic heterocycles. The van der Waals surface area contributed by atoms with Crippen molar-refractivity contribution in [2.75, 3.05) is 6.54 Å². The van der Waals surface area contributed by atoms with E-state index >= 15 is 0 Å². The molecule has 0 radical (unpaired) electrons. The van der Waals surface area contributed by atoms with E-state index in [4.69, 9.17) is 10.5 Å². The van der Waals surface area contributed by atoms with Gasteiger partial charge in [0, 0.05) is 20.8 Å². The molecule has 18 heavy (non-hydrogen) atoms. The number of thiophene rings is 1. The fraction of sp³-hybridized carbons (Fsp3) is 0.231. The first-order valence-electron chi connectivity index (χ1n) is 5.48. The molecule has 1 aromatic carbocycles. The number of nitrogens with two attached hydrogens (primary N) is 1. The van der Waals surface area contributed by atoms with Crippen LogP contribution in [0.2, 0.25) is 0 Å². The summed E-state index contributed by atoms with van der Waals surface area (Å²) in [6.07, 6.45) is -0.313. The van der Waals surface area contributed by atoms with E-state index in [9.17, 15) is 4.39 Å². The Hall–Kier alpha value is -0.910. The van der Waals surface area contributed by atoms with Gasteiger partial charge in [0.25, 0.3) is 0 Å². The van der Waals surface area contributed by atoms with Crippen LogP contribution < -0.4 is 10.5 Å². The largest absolute Gasteiger partial charge is 0.480 e. The van der Waals surface area contributed by atoms with E-state index in [0.29, 0.717) is 6.54 Å². The van der Waals surface area contributed by atoms with E-state index in [1.165, 1.54) is 10.9 Å². The second-order valence-corrected chi connectivity index (χ2v) is 6.10. The van der Waals surface area contributed by atoms with Crippen LogP contribution >= 0.6 is 27.3 Å². The van der Waals surface area contributed by atoms with Gasteiger partial charge in [0.1, 0.15) is 6.10 Å². The Morgan fingerprint density at radius 1 is 1.39 bits per heavy atom. The van der Waals surface area contributed by atoms with E-state index in [1.807, 2.05) is 19.1 Å². The van der Waals surface area contributed by atoms with Crippen molar-refractivity contribution in [2.24, 2.45) is 5.73 Å². The van der Waals surface area contributed by atoms with Crippen LogP contribution in [0.5, 0.6) is 5.75 Å². The van der Waals surface area contributed by atoms with Crippen molar-refractivity contribution < 1.29 is 9.13 Å². The molecule has 0 bridgehead atoms. The van der Waals surface area contributed by atoms with Gasteiger partial charge in [-0.15, -0.1) is 11.3 Å². The highest BCUT2D eigenvalue weighted by atomic mass is 79.9. The minimum atomic E-state index is -0.384. The number of benzene rings is 1. The van der Waals surface area contributed by atoms with E-state index in [-0.39, 0.29) is 17.7 Å². The summed E-state index contributed by atoms with van der Waals surface area (Å²) in [6.45, 7) is 2.33. The third-order valence-electron chi connectivity index (χ3n) is 2.46. The van der Waals surface area contributed by atoms with Crippen LogP contribution in [-0.2, 0) is 0 Å². The normalized spacial score (nSPS) is 12.4. The Morgan fingerprint density at radius 2 is 2.17 bits per heavy atom. The molecule has 0 spiro atoms. The van der Waals surface area contributed by atoms with Gasteiger partial charge in [-0.05, 0) is 37.3 Å². The fourth-order valence-electron chi connectivity index (χ4n) is 1.57. The lowest BCUT2D eigenvalue weighted by Crippen LogP contribution is -2.17. The van der Waals surface area contributed by atoms with E-state index in [0.717, 1.165) is 9.35 Å². The SMILES string of the molecule is Cc1ccc(C(CN)Oc2cc(Br)ccc2F)s1. The van der Waals surface area contributed by atoms with Crippen molar-refractivity contribution in [1.29, 1.82) is 0 Å². The fourth-order valence-corrected chi connectivity index (χ4v) is 2.83. The zero-order valence-electron chi connectivity index (χ0n) is 9.82. The average Bonchev–Trinajstić information content (AvgIpc) is 2.77. The van der Waals surface area contributed by atoms with Gasteiger partial charge in [-0.2, -0.15) is 0 Å². The van der Waals surface area contributed by atoms with Gasteiger partial charge in [0.15, 0.2) is 11.6 Å². The third-order valence-corrected chi connectivity index (χ3v) is 4.04. The van der Waals surface area contributed by atoms with Crippen molar-refractivity contribution in [1.82, 2.24) is 0 Å². The van der Waals surface area contributed by atoms with Crippen LogP contribution in [0.1, 0.15) is 15.9 Å². The highest BCUT2D eigenvalue weighted by molar-refractivity contribution is 9.10. The summed E-state index contributed by atoms with van der Waals surface area (Å²) < 4.78 is 20.0. The van der Waals surface area contributed by atoms with Gasteiger partial charge < -0.3 is 10.5 Å². The predicted molar refractivity (Wildman–Crippen MR) is 75.6 cm³/mol. The van der Waals surface area contributed by atoms with Crippen molar-refractivity contribution in [3.05, 3.63) is 50.4 Å². The number of hydrogen-bond acceptors (Lipinski definition) is 3. The predicted octanol–water partition coefficient (Wildman–Crippen LogP) is 4.04. The number of rotatable bonds is 4. The topological polar surface area (TPSA) is 35.2 Å². The molecule has 96 valence electrons. The summed E-state index contributed by atoms with van der Waals surface area (Å²) in [5, 5.41) is 0. The summed E-state index contributed by atoms with van der Waals surface area (Å²) in [7, 11) is 0. The number of hydrogen-bond donors (Lipinski definition) is 1. The van der Waals surface area contributed by atoms with Crippen molar-refractivity contribution in [3.63, 3.8) is 0 Å². The maximum atomic E-state index is 13.6. The number of ether oxygens (including phenoxy) is 1. The Balaban J connectivity index is 2.22. The molecular weight excluding hydrogens is 317 g/mol. The van der Waals surface area contributed by atoms with Gasteiger partial charge in [-0.25, -0.2) is 4.39 Å². The van der Waals surface area contributed by atoms with Crippen LogP contribution in [-0.4, -0.2) is 6.54 Å². The van der Waals surface area contributed by atoms with Crippen molar-refractivity contribution in [3.8, 4) is 5.75 Å². The molecule has 2 N–H and O–H groups in total. The summed E-state index contributed by atoms with van der Waals surface area (Å²) in [4.78, 5) is 2.19. The molecule has 2 aromatic rings. The molecule has 5 heteroatoms. The lowest BCUT2D eigenvalue weighted by molar-refractivity contribution is 0.208. The van der Waals surface area contributed by atoms with Crippen molar-refractivity contribution >= 4 is 27.3 Å². The van der Waals surface area contributed by atoms with E-state index < -0.39 is 0 Å². The molecule has 0 amide bonds. The number of aryl methyl sites for hydroxylation is 1. The van der Waals surface area contributed by atoms with Crippen LogP contribution in [0.3, 0.4) is 0 Å². The monoisotopic (exact) mass is 329 g/mol. The summed E-state index contributed by atoms with van der Waals surface area (Å²) >= 11 is 4.90. The van der Waals surface area contributed by atoms with Gasteiger partial charge >= 0.3 is 0 Å². The highest BCUT2D eigenvalue weighted by Crippen LogP contribution is 2.30. The summed E-state index contributed by atoms with van der Waals surface area (Å²) in [5.41, 5.74) is 5.70. The molecule has 0 fully saturated rings. The molecule has 0 aliphatic heterocycles. The van der Waals surface area contributed by atoms with Gasteiger partial charge in [0.05, 0.1) is 0 Å². The minimum absolute atomic E-state index is 0.214. The maximum Gasteiger partial charge on any atom is 0.165 e. The first-order valence-corrected chi connectivity index (χ1v) is 7.09. The van der Waals surface area contributed by atoms with Gasteiger partial charge in [-0.3, -0.25) is 0 Å². The smallest absolute Gasteiger partial charge is 0.165 e. The second kappa shape index (κ2) is 5.82. The first-order chi connectivity index (χ1) is 8.60. The Labute approximate surface area is 118 Å². The van der Waals surface area contributed by atoms with Gasteiger partial charge in [0.2, 0.25) is 0 Å². The molecule has 1 atom stereocenters. The standard InChI is InChI=1S/C13H13BrFNOS/c1-8-2-5-13(18-8)12(7-16)17-11-6-9(14)3-4-10(11)15/h2-6,12H,7,16H2,1H3. The average molecular weight is 330 g/mol. The second-order valence-electron chi connectivity index (χ2n) is 3.87. The molecular formula is C13H13BrFNOS. The molecule has 0 aliphatic carbocycles. The lowest BCUT2D eigenvalue weighted by atomic mass is 10.2. The molecule has 1 heterocycles. The van der Waals surface area contributed by atoms with Crippen LogP contribution in [0, 0.1) is 12.7 Å². The molecule has 1 unspecified atom stereocenters. The number of halogens is 2. The molecule has 0 saturated carbocycles. The molecule has 0 aliphatic rings. The summed E-state index contributed by atoms with van der Waals surface area (Å²) in [5.74, 6) is -0.171. The van der Waals surface area contributed by atoms with E-state index in [1.54, 1.807) is 23.5 Å². The highest BCUT2D eigenvalue weighted by Gasteiger charge is 2.16. The van der Waals surface area contributed by atoms with Crippen LogP contribution in [0.4, 0.5) is 4.39 Å². The maximum absolute atomic E-state index is 13.6. The van der Waals surface area contributed by atoms with Gasteiger partial charge in [-0.1, -0.05) is 15.9 Å². The van der Waals surface area contributed by atoms with Crippen LogP contribution in [0.15, 0.2) is 34.8 Å². The summed E-state index contributed by atoms with van der Waals surface area (Å²) in [6, 6.07) is 8.58. The Morgan fingerprint density at radius 3 is 2.78 bits per heavy atom. The molecule has 2 rings (SSSR count). The quantitative estimate of drug-likeness (QED) is 0.918. The Kier molecular flexibility index (Phi) is 4.37. The molecule has 0 saturated heterocycles. The zero-order chi connectivity index (χ0) is 13.1. The Bertz CT molecular complexity index is 544. The molecule has 2 nitrogen and oxygen atoms in total. The zero-order valence-corrected chi connectivity index (χ0v) is 12.2. The lowest BCUT2D eigenvalue weighted by Gasteiger charge is -2.16. The minimum Gasteiger partial charge on any atom is -0.480 e. The van der Waals surface area contributed by atoms with Crippen molar-refractivity contribution in [2.45, 2.75) is 13.0 Å². The third kappa shape index (κ3) is 3.10. The van der Waals surface area contributed by atoms with Crippen LogP contribution in [0.25, 0.3) is 0 Å². The van der Waals surface area contributed by atoms with E-state index in [2.05, 4.69) is 15.9 Å².